The first kappa shape index (κ1) is 18.6. The number of aliphatic carboxylic acids is 1. The zero-order chi connectivity index (χ0) is 20.7. The number of carbonyl (C=O) groups is 1. The molecule has 4 aromatic rings. The van der Waals surface area contributed by atoms with Crippen molar-refractivity contribution in [1.82, 2.24) is 0 Å². The lowest BCUT2D eigenvalue weighted by molar-refractivity contribution is -0.136. The van der Waals surface area contributed by atoms with Gasteiger partial charge in [-0.2, -0.15) is 0 Å². The number of furan rings is 1. The number of carboxylic acids is 1. The molecule has 148 valence electrons. The molecule has 0 spiro atoms. The van der Waals surface area contributed by atoms with Crippen molar-refractivity contribution < 1.29 is 28.6 Å². The molecule has 7 nitrogen and oxygen atoms in total. The van der Waals surface area contributed by atoms with E-state index in [1.54, 1.807) is 31.4 Å². The molecule has 0 unspecified atom stereocenters. The van der Waals surface area contributed by atoms with E-state index in [-0.39, 0.29) is 29.1 Å². The standard InChI is InChI=1S/C22H18O7/c1-3-11-8-18(26)28-21-14(11)9-16(23)22-19(21)15(10-17(24)25)20(29-22)12-4-6-13(27-2)7-5-12/h4-9,23H,3,10H2,1-2H3,(H,24,25). The summed E-state index contributed by atoms with van der Waals surface area (Å²) < 4.78 is 16.5. The summed E-state index contributed by atoms with van der Waals surface area (Å²) in [4.78, 5) is 23.7. The molecule has 29 heavy (non-hydrogen) atoms. The van der Waals surface area contributed by atoms with Crippen molar-refractivity contribution in [3.63, 3.8) is 0 Å². The lowest BCUT2D eigenvalue weighted by Gasteiger charge is -2.06. The van der Waals surface area contributed by atoms with Crippen molar-refractivity contribution in [3.8, 4) is 22.8 Å². The summed E-state index contributed by atoms with van der Waals surface area (Å²) >= 11 is 0. The molecule has 4 rings (SSSR count). The highest BCUT2D eigenvalue weighted by Gasteiger charge is 2.25. The molecule has 2 aromatic heterocycles. The van der Waals surface area contributed by atoms with Crippen LogP contribution < -0.4 is 10.4 Å². The van der Waals surface area contributed by atoms with Gasteiger partial charge in [0.2, 0.25) is 0 Å². The predicted molar refractivity (Wildman–Crippen MR) is 107 cm³/mol. The topological polar surface area (TPSA) is 110 Å². The molecule has 2 heterocycles. The number of methoxy groups -OCH3 is 1. The number of phenols is 1. The summed E-state index contributed by atoms with van der Waals surface area (Å²) in [5.41, 5.74) is 1.38. The monoisotopic (exact) mass is 394 g/mol. The van der Waals surface area contributed by atoms with Crippen LogP contribution in [0, 0.1) is 0 Å². The lowest BCUT2D eigenvalue weighted by atomic mass is 9.99. The van der Waals surface area contributed by atoms with Crippen LogP contribution in [0.3, 0.4) is 0 Å². The average molecular weight is 394 g/mol. The molecule has 0 aliphatic heterocycles. The Balaban J connectivity index is 2.13. The number of phenolic OH excluding ortho intramolecular Hbond substituents is 1. The van der Waals surface area contributed by atoms with Crippen LogP contribution in [0.4, 0.5) is 0 Å². The maximum Gasteiger partial charge on any atom is 0.336 e. The first-order valence-electron chi connectivity index (χ1n) is 9.03. The van der Waals surface area contributed by atoms with E-state index in [9.17, 15) is 19.8 Å². The minimum atomic E-state index is -1.08. The Kier molecular flexibility index (Phi) is 4.50. The molecule has 0 saturated heterocycles. The molecule has 0 radical (unpaired) electrons. The maximum absolute atomic E-state index is 12.1. The third-order valence-electron chi connectivity index (χ3n) is 4.89. The fourth-order valence-electron chi connectivity index (χ4n) is 3.57. The van der Waals surface area contributed by atoms with Gasteiger partial charge in [-0.15, -0.1) is 0 Å². The lowest BCUT2D eigenvalue weighted by Crippen LogP contribution is -2.03. The smallest absolute Gasteiger partial charge is 0.336 e. The molecular formula is C22H18O7. The highest BCUT2D eigenvalue weighted by molar-refractivity contribution is 6.10. The van der Waals surface area contributed by atoms with Crippen molar-refractivity contribution in [2.45, 2.75) is 19.8 Å². The molecule has 0 atom stereocenters. The quantitative estimate of drug-likeness (QED) is 0.490. The first-order chi connectivity index (χ1) is 13.9. The van der Waals surface area contributed by atoms with Crippen LogP contribution in [0.25, 0.3) is 33.3 Å². The molecule has 0 amide bonds. The van der Waals surface area contributed by atoms with Crippen molar-refractivity contribution in [3.05, 3.63) is 57.9 Å². The number of benzene rings is 2. The summed E-state index contributed by atoms with van der Waals surface area (Å²) in [5, 5.41) is 20.9. The van der Waals surface area contributed by atoms with Gasteiger partial charge in [-0.05, 0) is 42.3 Å². The molecule has 7 heteroatoms. The Morgan fingerprint density at radius 2 is 1.83 bits per heavy atom. The van der Waals surface area contributed by atoms with E-state index >= 15 is 0 Å². The van der Waals surface area contributed by atoms with Gasteiger partial charge in [0.1, 0.15) is 17.1 Å². The van der Waals surface area contributed by atoms with E-state index in [0.29, 0.717) is 39.6 Å². The predicted octanol–water partition coefficient (Wildman–Crippen LogP) is 4.11. The molecule has 0 bridgehead atoms. The number of hydrogen-bond acceptors (Lipinski definition) is 6. The fraction of sp³-hybridized carbons (Fsp3) is 0.182. The molecule has 2 N–H and O–H groups in total. The summed E-state index contributed by atoms with van der Waals surface area (Å²) in [5.74, 6) is -0.302. The number of carboxylic acid groups (broad SMARTS) is 1. The van der Waals surface area contributed by atoms with Gasteiger partial charge in [-0.3, -0.25) is 4.79 Å². The van der Waals surface area contributed by atoms with Gasteiger partial charge in [-0.1, -0.05) is 6.92 Å². The molecule has 0 aliphatic carbocycles. The number of aryl methyl sites for hydroxylation is 1. The van der Waals surface area contributed by atoms with E-state index < -0.39 is 11.6 Å². The fourth-order valence-corrected chi connectivity index (χ4v) is 3.57. The molecule has 2 aromatic carbocycles. The third kappa shape index (κ3) is 3.10. The van der Waals surface area contributed by atoms with Gasteiger partial charge < -0.3 is 23.8 Å². The van der Waals surface area contributed by atoms with Crippen LogP contribution >= 0.6 is 0 Å². The van der Waals surface area contributed by atoms with E-state index in [4.69, 9.17) is 13.6 Å². The van der Waals surface area contributed by atoms with Gasteiger partial charge in [0.25, 0.3) is 0 Å². The van der Waals surface area contributed by atoms with Gasteiger partial charge in [0.15, 0.2) is 11.3 Å². The van der Waals surface area contributed by atoms with Crippen LogP contribution in [0.5, 0.6) is 11.5 Å². The highest BCUT2D eigenvalue weighted by Crippen LogP contribution is 2.43. The molecule has 0 fully saturated rings. The van der Waals surface area contributed by atoms with E-state index in [2.05, 4.69) is 0 Å². The average Bonchev–Trinajstić information content (AvgIpc) is 3.07. The summed E-state index contributed by atoms with van der Waals surface area (Å²) in [6.45, 7) is 1.88. The SMILES string of the molecule is CCc1cc(=O)oc2c1cc(O)c1oc(-c3ccc(OC)cc3)c(CC(=O)O)c12. The molecule has 0 aliphatic rings. The van der Waals surface area contributed by atoms with Gasteiger partial charge in [0, 0.05) is 22.6 Å². The minimum absolute atomic E-state index is 0.0796. The van der Waals surface area contributed by atoms with E-state index in [1.165, 1.54) is 12.1 Å². The normalized spacial score (nSPS) is 11.2. The zero-order valence-corrected chi connectivity index (χ0v) is 15.8. The van der Waals surface area contributed by atoms with Crippen LogP contribution in [0.15, 0.2) is 50.0 Å². The highest BCUT2D eigenvalue weighted by atomic mass is 16.5. The summed E-state index contributed by atoms with van der Waals surface area (Å²) in [6, 6.07) is 9.75. The number of hydrogen-bond donors (Lipinski definition) is 2. The second-order valence-electron chi connectivity index (χ2n) is 6.63. The minimum Gasteiger partial charge on any atom is -0.504 e. The van der Waals surface area contributed by atoms with Crippen molar-refractivity contribution in [1.29, 1.82) is 0 Å². The Hall–Kier alpha value is -3.74. The Bertz CT molecular complexity index is 1290. The van der Waals surface area contributed by atoms with Gasteiger partial charge in [-0.25, -0.2) is 4.79 Å². The van der Waals surface area contributed by atoms with Crippen LogP contribution in [0.2, 0.25) is 0 Å². The van der Waals surface area contributed by atoms with Gasteiger partial charge in [0.05, 0.1) is 18.9 Å². The Morgan fingerprint density at radius 3 is 2.45 bits per heavy atom. The van der Waals surface area contributed by atoms with Gasteiger partial charge >= 0.3 is 11.6 Å². The third-order valence-corrected chi connectivity index (χ3v) is 4.89. The Morgan fingerprint density at radius 1 is 1.10 bits per heavy atom. The van der Waals surface area contributed by atoms with Crippen LogP contribution in [-0.4, -0.2) is 23.3 Å². The largest absolute Gasteiger partial charge is 0.504 e. The number of aromatic hydroxyl groups is 1. The Labute approximate surface area is 164 Å². The second-order valence-corrected chi connectivity index (χ2v) is 6.63. The second kappa shape index (κ2) is 7.01. The number of fused-ring (bicyclic) bond motifs is 3. The molecule has 0 saturated carbocycles. The van der Waals surface area contributed by atoms with Crippen molar-refractivity contribution in [2.24, 2.45) is 0 Å². The maximum atomic E-state index is 12.1. The first-order valence-corrected chi connectivity index (χ1v) is 9.03. The summed E-state index contributed by atoms with van der Waals surface area (Å²) in [6.07, 6.45) is 0.178. The summed E-state index contributed by atoms with van der Waals surface area (Å²) in [7, 11) is 1.55. The van der Waals surface area contributed by atoms with Crippen molar-refractivity contribution >= 4 is 27.9 Å². The van der Waals surface area contributed by atoms with Crippen molar-refractivity contribution in [2.75, 3.05) is 7.11 Å². The van der Waals surface area contributed by atoms with Crippen LogP contribution in [-0.2, 0) is 17.6 Å². The number of ether oxygens (including phenoxy) is 1. The molecular weight excluding hydrogens is 376 g/mol. The zero-order valence-electron chi connectivity index (χ0n) is 15.8. The number of rotatable bonds is 5. The van der Waals surface area contributed by atoms with E-state index in [1.807, 2.05) is 6.92 Å². The van der Waals surface area contributed by atoms with Crippen LogP contribution in [0.1, 0.15) is 18.1 Å². The van der Waals surface area contributed by atoms with E-state index in [0.717, 1.165) is 0 Å².